The van der Waals surface area contributed by atoms with Gasteiger partial charge in [-0.25, -0.2) is 4.79 Å². The summed E-state index contributed by atoms with van der Waals surface area (Å²) in [6, 6.07) is 8.35. The van der Waals surface area contributed by atoms with Gasteiger partial charge in [0.25, 0.3) is 0 Å². The maximum absolute atomic E-state index is 11.1. The molecular weight excluding hydrogens is 172 g/mol. The van der Waals surface area contributed by atoms with E-state index in [-0.39, 0.29) is 0 Å². The van der Waals surface area contributed by atoms with Crippen molar-refractivity contribution in [1.29, 1.82) is 0 Å². The molecule has 0 atom stereocenters. The van der Waals surface area contributed by atoms with E-state index in [0.717, 1.165) is 0 Å². The maximum Gasteiger partial charge on any atom is 0.338 e. The van der Waals surface area contributed by atoms with Gasteiger partial charge in [0, 0.05) is 0 Å². The van der Waals surface area contributed by atoms with Gasteiger partial charge in [-0.05, 0) is 12.1 Å². The second-order valence-electron chi connectivity index (χ2n) is 2.45. The van der Waals surface area contributed by atoms with Gasteiger partial charge in [0.15, 0.2) is 6.29 Å². The number of rotatable bonds is 3. The number of benzene rings is 1. The van der Waals surface area contributed by atoms with Crippen molar-refractivity contribution in [2.45, 2.75) is 6.29 Å². The first-order chi connectivity index (χ1) is 6.20. The largest absolute Gasteiger partial charge is 0.457 e. The van der Waals surface area contributed by atoms with E-state index in [0.29, 0.717) is 5.56 Å². The summed E-state index contributed by atoms with van der Waals surface area (Å²) in [7, 11) is 0. The van der Waals surface area contributed by atoms with Gasteiger partial charge in [-0.3, -0.25) is 0 Å². The molecule has 0 amide bonds. The van der Waals surface area contributed by atoms with Gasteiger partial charge in [0.1, 0.15) is 6.61 Å². The third-order valence-electron chi connectivity index (χ3n) is 1.37. The molecule has 0 spiro atoms. The lowest BCUT2D eigenvalue weighted by Crippen LogP contribution is -2.17. The Morgan fingerprint density at radius 2 is 1.92 bits per heavy atom. The normalized spacial score (nSPS) is 10.1. The van der Waals surface area contributed by atoms with Gasteiger partial charge in [-0.2, -0.15) is 0 Å². The number of carbonyl (C=O) groups is 1. The molecule has 0 aliphatic carbocycles. The van der Waals surface area contributed by atoms with Gasteiger partial charge >= 0.3 is 5.97 Å². The molecule has 70 valence electrons. The Hall–Kier alpha value is -1.39. The Morgan fingerprint density at radius 3 is 2.46 bits per heavy atom. The number of esters is 1. The molecule has 0 aliphatic rings. The van der Waals surface area contributed by atoms with Crippen LogP contribution in [-0.2, 0) is 4.74 Å². The summed E-state index contributed by atoms with van der Waals surface area (Å²) in [6.45, 7) is -0.409. The molecule has 4 heteroatoms. The standard InChI is InChI=1S/C9H10O4/c10-8(11)6-13-9(12)7-4-2-1-3-5-7/h1-5,8,10-11H,6H2. The highest BCUT2D eigenvalue weighted by molar-refractivity contribution is 5.89. The summed E-state index contributed by atoms with van der Waals surface area (Å²) in [5, 5.41) is 16.9. The molecule has 13 heavy (non-hydrogen) atoms. The number of hydrogen-bond donors (Lipinski definition) is 2. The third kappa shape index (κ3) is 3.23. The fourth-order valence-electron chi connectivity index (χ4n) is 0.808. The second kappa shape index (κ2) is 4.59. The molecule has 4 nitrogen and oxygen atoms in total. The van der Waals surface area contributed by atoms with Crippen LogP contribution in [0.4, 0.5) is 0 Å². The smallest absolute Gasteiger partial charge is 0.338 e. The predicted octanol–water partition coefficient (Wildman–Crippen LogP) is 0.154. The first-order valence-corrected chi connectivity index (χ1v) is 3.78. The average Bonchev–Trinajstić information content (AvgIpc) is 2.15. The molecular formula is C9H10O4. The molecule has 1 rings (SSSR count). The summed E-state index contributed by atoms with van der Waals surface area (Å²) in [4.78, 5) is 11.1. The molecule has 1 aromatic rings. The van der Waals surface area contributed by atoms with Crippen molar-refractivity contribution in [3.8, 4) is 0 Å². The third-order valence-corrected chi connectivity index (χ3v) is 1.37. The number of aliphatic hydroxyl groups is 2. The lowest BCUT2D eigenvalue weighted by molar-refractivity contribution is -0.0812. The molecule has 0 saturated carbocycles. The molecule has 0 fully saturated rings. The van der Waals surface area contributed by atoms with E-state index in [9.17, 15) is 4.79 Å². The van der Waals surface area contributed by atoms with Crippen LogP contribution in [-0.4, -0.2) is 29.1 Å². The van der Waals surface area contributed by atoms with E-state index in [4.69, 9.17) is 10.2 Å². The SMILES string of the molecule is O=C(OCC(O)O)c1ccccc1. The van der Waals surface area contributed by atoms with Crippen LogP contribution in [0.15, 0.2) is 30.3 Å². The molecule has 0 radical (unpaired) electrons. The van der Waals surface area contributed by atoms with Gasteiger partial charge in [0.05, 0.1) is 5.56 Å². The van der Waals surface area contributed by atoms with Gasteiger partial charge in [0.2, 0.25) is 0 Å². The Labute approximate surface area is 75.4 Å². The van der Waals surface area contributed by atoms with E-state index < -0.39 is 18.9 Å². The van der Waals surface area contributed by atoms with Crippen molar-refractivity contribution >= 4 is 5.97 Å². The second-order valence-corrected chi connectivity index (χ2v) is 2.45. The Kier molecular flexibility index (Phi) is 3.42. The van der Waals surface area contributed by atoms with Crippen LogP contribution in [0, 0.1) is 0 Å². The first kappa shape index (κ1) is 9.70. The maximum atomic E-state index is 11.1. The lowest BCUT2D eigenvalue weighted by atomic mass is 10.2. The van der Waals surface area contributed by atoms with Gasteiger partial charge in [-0.15, -0.1) is 0 Å². The fraction of sp³-hybridized carbons (Fsp3) is 0.222. The monoisotopic (exact) mass is 182 g/mol. The molecule has 0 heterocycles. The molecule has 0 saturated heterocycles. The summed E-state index contributed by atoms with van der Waals surface area (Å²) >= 11 is 0. The van der Waals surface area contributed by atoms with Crippen molar-refractivity contribution in [2.75, 3.05) is 6.61 Å². The Morgan fingerprint density at radius 1 is 1.31 bits per heavy atom. The topological polar surface area (TPSA) is 66.8 Å². The van der Waals surface area contributed by atoms with Crippen molar-refractivity contribution < 1.29 is 19.7 Å². The van der Waals surface area contributed by atoms with E-state index in [1.54, 1.807) is 30.3 Å². The summed E-state index contributed by atoms with van der Waals surface area (Å²) in [5.74, 6) is -0.561. The van der Waals surface area contributed by atoms with Crippen LogP contribution in [0.2, 0.25) is 0 Å². The minimum atomic E-state index is -1.62. The first-order valence-electron chi connectivity index (χ1n) is 3.78. The highest BCUT2D eigenvalue weighted by Gasteiger charge is 2.07. The van der Waals surface area contributed by atoms with E-state index >= 15 is 0 Å². The molecule has 0 aromatic heterocycles. The zero-order valence-corrected chi connectivity index (χ0v) is 6.88. The van der Waals surface area contributed by atoms with Crippen LogP contribution in [0.3, 0.4) is 0 Å². The number of hydrogen-bond acceptors (Lipinski definition) is 4. The number of ether oxygens (including phenoxy) is 1. The number of carbonyl (C=O) groups excluding carboxylic acids is 1. The van der Waals surface area contributed by atoms with Gasteiger partial charge < -0.3 is 14.9 Å². The zero-order valence-electron chi connectivity index (χ0n) is 6.88. The highest BCUT2D eigenvalue weighted by atomic mass is 16.6. The molecule has 1 aromatic carbocycles. The lowest BCUT2D eigenvalue weighted by Gasteiger charge is -2.05. The zero-order chi connectivity index (χ0) is 9.68. The van der Waals surface area contributed by atoms with E-state index in [1.807, 2.05) is 0 Å². The van der Waals surface area contributed by atoms with Crippen LogP contribution >= 0.6 is 0 Å². The van der Waals surface area contributed by atoms with Crippen molar-refractivity contribution in [1.82, 2.24) is 0 Å². The molecule has 0 unspecified atom stereocenters. The van der Waals surface area contributed by atoms with Crippen LogP contribution in [0.1, 0.15) is 10.4 Å². The molecule has 0 aliphatic heterocycles. The van der Waals surface area contributed by atoms with Crippen molar-refractivity contribution in [3.05, 3.63) is 35.9 Å². The number of aliphatic hydroxyl groups excluding tert-OH is 1. The van der Waals surface area contributed by atoms with Crippen LogP contribution in [0.5, 0.6) is 0 Å². The minimum Gasteiger partial charge on any atom is -0.457 e. The van der Waals surface area contributed by atoms with E-state index in [1.165, 1.54) is 0 Å². The predicted molar refractivity (Wildman–Crippen MR) is 45.0 cm³/mol. The summed E-state index contributed by atoms with van der Waals surface area (Å²) in [6.07, 6.45) is -1.62. The van der Waals surface area contributed by atoms with Crippen molar-refractivity contribution in [2.24, 2.45) is 0 Å². The fourth-order valence-corrected chi connectivity index (χ4v) is 0.808. The van der Waals surface area contributed by atoms with Crippen LogP contribution in [0.25, 0.3) is 0 Å². The quantitative estimate of drug-likeness (QED) is 0.516. The van der Waals surface area contributed by atoms with E-state index in [2.05, 4.69) is 4.74 Å². The summed E-state index contributed by atoms with van der Waals surface area (Å²) in [5.41, 5.74) is 0.392. The average molecular weight is 182 g/mol. The Bertz CT molecular complexity index is 268. The van der Waals surface area contributed by atoms with Gasteiger partial charge in [-0.1, -0.05) is 18.2 Å². The Balaban J connectivity index is 2.50. The molecule has 2 N–H and O–H groups in total. The minimum absolute atomic E-state index is 0.392. The summed E-state index contributed by atoms with van der Waals surface area (Å²) < 4.78 is 4.55. The highest BCUT2D eigenvalue weighted by Crippen LogP contribution is 2.00. The van der Waals surface area contributed by atoms with Crippen LogP contribution < -0.4 is 0 Å². The molecule has 0 bridgehead atoms. The van der Waals surface area contributed by atoms with Crippen molar-refractivity contribution in [3.63, 3.8) is 0 Å².